The molecule has 0 aliphatic rings. The average Bonchev–Trinajstić information content (AvgIpc) is 2.36. The highest BCUT2D eigenvalue weighted by Crippen LogP contribution is 2.13. The van der Waals surface area contributed by atoms with Gasteiger partial charge in [0.25, 0.3) is 0 Å². The topological polar surface area (TPSA) is 81.8 Å². The van der Waals surface area contributed by atoms with Crippen molar-refractivity contribution in [2.45, 2.75) is 19.1 Å². The minimum Gasteiger partial charge on any atom is -0.497 e. The third kappa shape index (κ3) is 4.42. The first-order valence-corrected chi connectivity index (χ1v) is 5.33. The predicted molar refractivity (Wildman–Crippen MR) is 62.5 cm³/mol. The summed E-state index contributed by atoms with van der Waals surface area (Å²) in [6.45, 7) is 0.0184. The highest BCUT2D eigenvalue weighted by atomic mass is 16.5. The van der Waals surface area contributed by atoms with Crippen LogP contribution < -0.4 is 10.5 Å². The van der Waals surface area contributed by atoms with Crippen molar-refractivity contribution < 1.29 is 19.4 Å². The summed E-state index contributed by atoms with van der Waals surface area (Å²) in [5.41, 5.74) is 6.32. The molecule has 0 radical (unpaired) electrons. The van der Waals surface area contributed by atoms with E-state index in [1.165, 1.54) is 0 Å². The van der Waals surface area contributed by atoms with Crippen molar-refractivity contribution in [1.29, 1.82) is 0 Å². The van der Waals surface area contributed by atoms with Crippen LogP contribution in [0.25, 0.3) is 0 Å². The van der Waals surface area contributed by atoms with E-state index in [0.717, 1.165) is 5.56 Å². The quantitative estimate of drug-likeness (QED) is 0.704. The lowest BCUT2D eigenvalue weighted by Crippen LogP contribution is -2.33. The summed E-state index contributed by atoms with van der Waals surface area (Å²) in [4.78, 5) is 11.4. The summed E-state index contributed by atoms with van der Waals surface area (Å²) in [6.07, 6.45) is 0.205. The molecule has 1 unspecified atom stereocenters. The number of aliphatic hydroxyl groups excluding tert-OH is 1. The minimum atomic E-state index is -0.773. The Bertz CT molecular complexity index is 367. The highest BCUT2D eigenvalue weighted by molar-refractivity contribution is 5.75. The number of rotatable bonds is 6. The van der Waals surface area contributed by atoms with Gasteiger partial charge in [-0.25, -0.2) is 0 Å². The number of nitrogens with two attached hydrogens (primary N) is 1. The molecule has 1 aromatic carbocycles. The first-order chi connectivity index (χ1) is 8.17. The molecule has 3 N–H and O–H groups in total. The van der Waals surface area contributed by atoms with Gasteiger partial charge in [0.05, 0.1) is 7.11 Å². The van der Waals surface area contributed by atoms with Crippen LogP contribution in [-0.4, -0.2) is 30.8 Å². The van der Waals surface area contributed by atoms with E-state index in [1.54, 1.807) is 13.2 Å². The zero-order valence-corrected chi connectivity index (χ0v) is 9.76. The molecule has 0 fully saturated rings. The summed E-state index contributed by atoms with van der Waals surface area (Å²) in [6, 6.07) is 6.46. The van der Waals surface area contributed by atoms with E-state index >= 15 is 0 Å². The zero-order valence-electron chi connectivity index (χ0n) is 9.76. The van der Waals surface area contributed by atoms with Crippen LogP contribution in [0.5, 0.6) is 5.75 Å². The van der Waals surface area contributed by atoms with Crippen LogP contribution in [0.4, 0.5) is 0 Å². The maximum atomic E-state index is 11.4. The fraction of sp³-hybridized carbons (Fsp3) is 0.417. The van der Waals surface area contributed by atoms with Gasteiger partial charge in [-0.05, 0) is 24.1 Å². The van der Waals surface area contributed by atoms with Crippen LogP contribution in [0.15, 0.2) is 24.3 Å². The van der Waals surface area contributed by atoms with E-state index < -0.39 is 12.0 Å². The van der Waals surface area contributed by atoms with E-state index in [0.29, 0.717) is 5.75 Å². The molecule has 0 heterocycles. The third-order valence-electron chi connectivity index (χ3n) is 2.26. The maximum absolute atomic E-state index is 11.4. The lowest BCUT2D eigenvalue weighted by molar-refractivity contribution is -0.146. The summed E-state index contributed by atoms with van der Waals surface area (Å²) in [7, 11) is 1.57. The van der Waals surface area contributed by atoms with Crippen molar-refractivity contribution >= 4 is 5.97 Å². The molecule has 5 nitrogen and oxygen atoms in total. The molecule has 0 aliphatic carbocycles. The lowest BCUT2D eigenvalue weighted by atomic mass is 10.2. The molecule has 1 rings (SSSR count). The molecule has 1 aromatic rings. The zero-order chi connectivity index (χ0) is 12.7. The van der Waals surface area contributed by atoms with Crippen LogP contribution in [0.1, 0.15) is 12.0 Å². The van der Waals surface area contributed by atoms with Crippen molar-refractivity contribution in [3.63, 3.8) is 0 Å². The fourth-order valence-corrected chi connectivity index (χ4v) is 1.28. The fourth-order valence-electron chi connectivity index (χ4n) is 1.28. The number of aliphatic hydroxyl groups is 1. The number of hydrogen-bond donors (Lipinski definition) is 2. The molecule has 0 aliphatic heterocycles. The molecule has 1 atom stereocenters. The Morgan fingerprint density at radius 3 is 2.94 bits per heavy atom. The van der Waals surface area contributed by atoms with Crippen molar-refractivity contribution in [3.8, 4) is 5.75 Å². The first-order valence-electron chi connectivity index (χ1n) is 5.33. The van der Waals surface area contributed by atoms with Crippen LogP contribution >= 0.6 is 0 Å². The second-order valence-corrected chi connectivity index (χ2v) is 3.58. The van der Waals surface area contributed by atoms with Gasteiger partial charge in [-0.2, -0.15) is 0 Å². The molecular formula is C12H17NO4. The SMILES string of the molecule is COc1cccc(COC(=O)C(N)CCO)c1. The standard InChI is InChI=1S/C12H17NO4/c1-16-10-4-2-3-9(7-10)8-17-12(15)11(13)5-6-14/h2-4,7,11,14H,5-6,8,13H2,1H3. The Kier molecular flexibility index (Phi) is 5.45. The highest BCUT2D eigenvalue weighted by Gasteiger charge is 2.14. The van der Waals surface area contributed by atoms with Crippen molar-refractivity contribution in [3.05, 3.63) is 29.8 Å². The molecule has 17 heavy (non-hydrogen) atoms. The molecule has 0 aromatic heterocycles. The predicted octanol–water partition coefficient (Wildman–Crippen LogP) is 0.448. The number of carbonyl (C=O) groups excluding carboxylic acids is 1. The normalized spacial score (nSPS) is 11.9. The third-order valence-corrected chi connectivity index (χ3v) is 2.26. The molecule has 0 saturated heterocycles. The average molecular weight is 239 g/mol. The van der Waals surface area contributed by atoms with Crippen LogP contribution in [0.2, 0.25) is 0 Å². The number of methoxy groups -OCH3 is 1. The summed E-state index contributed by atoms with van der Waals surface area (Å²) >= 11 is 0. The van der Waals surface area contributed by atoms with E-state index in [2.05, 4.69) is 0 Å². The Hall–Kier alpha value is -1.59. The number of hydrogen-bond acceptors (Lipinski definition) is 5. The van der Waals surface area contributed by atoms with Gasteiger partial charge in [0.15, 0.2) is 0 Å². The Labute approximate surface area is 100 Å². The Morgan fingerprint density at radius 2 is 2.29 bits per heavy atom. The summed E-state index contributed by atoms with van der Waals surface area (Å²) in [5, 5.41) is 8.63. The van der Waals surface area contributed by atoms with Gasteiger partial charge in [-0.1, -0.05) is 12.1 Å². The van der Waals surface area contributed by atoms with E-state index in [1.807, 2.05) is 18.2 Å². The molecule has 94 valence electrons. The van der Waals surface area contributed by atoms with E-state index in [9.17, 15) is 4.79 Å². The Balaban J connectivity index is 2.46. The van der Waals surface area contributed by atoms with E-state index in [4.69, 9.17) is 20.3 Å². The van der Waals surface area contributed by atoms with Crippen LogP contribution in [0, 0.1) is 0 Å². The smallest absolute Gasteiger partial charge is 0.323 e. The van der Waals surface area contributed by atoms with Gasteiger partial charge in [0, 0.05) is 6.61 Å². The molecular weight excluding hydrogens is 222 g/mol. The van der Waals surface area contributed by atoms with Gasteiger partial charge < -0.3 is 20.3 Å². The number of esters is 1. The summed E-state index contributed by atoms with van der Waals surface area (Å²) < 4.78 is 10.1. The van der Waals surface area contributed by atoms with Crippen molar-refractivity contribution in [1.82, 2.24) is 0 Å². The van der Waals surface area contributed by atoms with Gasteiger partial charge in [-0.15, -0.1) is 0 Å². The van der Waals surface area contributed by atoms with Gasteiger partial charge >= 0.3 is 5.97 Å². The second-order valence-electron chi connectivity index (χ2n) is 3.58. The van der Waals surface area contributed by atoms with Crippen LogP contribution in [-0.2, 0) is 16.1 Å². The number of carbonyl (C=O) groups is 1. The summed E-state index contributed by atoms with van der Waals surface area (Å²) in [5.74, 6) is 0.195. The minimum absolute atomic E-state index is 0.130. The van der Waals surface area contributed by atoms with Gasteiger partial charge in [0.1, 0.15) is 18.4 Å². The molecule has 0 amide bonds. The largest absolute Gasteiger partial charge is 0.497 e. The number of benzene rings is 1. The van der Waals surface area contributed by atoms with Crippen molar-refractivity contribution in [2.75, 3.05) is 13.7 Å². The van der Waals surface area contributed by atoms with E-state index in [-0.39, 0.29) is 19.6 Å². The second kappa shape index (κ2) is 6.88. The van der Waals surface area contributed by atoms with Crippen LogP contribution in [0.3, 0.4) is 0 Å². The first kappa shape index (κ1) is 13.5. The molecule has 0 spiro atoms. The lowest BCUT2D eigenvalue weighted by Gasteiger charge is -2.10. The monoisotopic (exact) mass is 239 g/mol. The molecule has 5 heteroatoms. The van der Waals surface area contributed by atoms with Gasteiger partial charge in [0.2, 0.25) is 0 Å². The number of ether oxygens (including phenoxy) is 2. The Morgan fingerprint density at radius 1 is 1.53 bits per heavy atom. The maximum Gasteiger partial charge on any atom is 0.323 e. The molecule has 0 bridgehead atoms. The van der Waals surface area contributed by atoms with Gasteiger partial charge in [-0.3, -0.25) is 4.79 Å². The molecule has 0 saturated carbocycles. The van der Waals surface area contributed by atoms with Crippen molar-refractivity contribution in [2.24, 2.45) is 5.73 Å².